The van der Waals surface area contributed by atoms with Gasteiger partial charge >= 0.3 is 0 Å². The molecule has 76 valence electrons. The summed E-state index contributed by atoms with van der Waals surface area (Å²) in [5.74, 6) is 1.47. The Hall–Kier alpha value is -0.820. The zero-order valence-corrected chi connectivity index (χ0v) is 9.03. The largest absolute Gasteiger partial charge is 0.328 e. The molecular weight excluding hydrogens is 170 g/mol. The zero-order valence-electron chi connectivity index (χ0n) is 9.03. The smallest absolute Gasteiger partial charge is 0.00448 e. The fourth-order valence-corrected chi connectivity index (χ4v) is 2.37. The van der Waals surface area contributed by atoms with Crippen molar-refractivity contribution in [3.63, 3.8) is 0 Å². The van der Waals surface area contributed by atoms with Crippen molar-refractivity contribution in [1.29, 1.82) is 0 Å². The molecule has 0 amide bonds. The summed E-state index contributed by atoms with van der Waals surface area (Å²) in [5, 5.41) is 0. The van der Waals surface area contributed by atoms with Crippen LogP contribution in [0.3, 0.4) is 0 Å². The minimum atomic E-state index is 0.352. The van der Waals surface area contributed by atoms with Gasteiger partial charge in [0.1, 0.15) is 0 Å². The van der Waals surface area contributed by atoms with Crippen molar-refractivity contribution in [2.24, 2.45) is 11.7 Å². The molecule has 2 N–H and O–H groups in total. The predicted octanol–water partition coefficient (Wildman–Crippen LogP) is 2.70. The Morgan fingerprint density at radius 2 is 2.14 bits per heavy atom. The van der Waals surface area contributed by atoms with E-state index < -0.39 is 0 Å². The van der Waals surface area contributed by atoms with Gasteiger partial charge in [0, 0.05) is 6.04 Å². The topological polar surface area (TPSA) is 26.0 Å². The Balaban J connectivity index is 2.18. The summed E-state index contributed by atoms with van der Waals surface area (Å²) in [6.07, 6.45) is 2.42. The molecular formula is C13H19N. The van der Waals surface area contributed by atoms with Crippen molar-refractivity contribution in [3.05, 3.63) is 35.4 Å². The molecule has 1 aliphatic rings. The molecule has 1 aromatic carbocycles. The van der Waals surface area contributed by atoms with Gasteiger partial charge in [-0.25, -0.2) is 0 Å². The Kier molecular flexibility index (Phi) is 2.60. The highest BCUT2D eigenvalue weighted by molar-refractivity contribution is 5.34. The van der Waals surface area contributed by atoms with Gasteiger partial charge in [0.05, 0.1) is 0 Å². The predicted molar refractivity (Wildman–Crippen MR) is 60.3 cm³/mol. The summed E-state index contributed by atoms with van der Waals surface area (Å²) in [7, 11) is 0. The van der Waals surface area contributed by atoms with Crippen LogP contribution in [0, 0.1) is 5.92 Å². The average Bonchev–Trinajstić information content (AvgIpc) is 2.97. The molecule has 0 bridgehead atoms. The molecule has 3 atom stereocenters. The van der Waals surface area contributed by atoms with Crippen LogP contribution in [-0.4, -0.2) is 6.04 Å². The first-order valence-electron chi connectivity index (χ1n) is 5.57. The van der Waals surface area contributed by atoms with Gasteiger partial charge in [-0.05, 0) is 42.7 Å². The molecule has 0 saturated heterocycles. The number of nitrogens with two attached hydrogens (primary N) is 1. The molecule has 0 radical (unpaired) electrons. The summed E-state index contributed by atoms with van der Waals surface area (Å²) >= 11 is 0. The molecule has 0 spiro atoms. The van der Waals surface area contributed by atoms with Crippen molar-refractivity contribution in [1.82, 2.24) is 0 Å². The maximum atomic E-state index is 5.92. The standard InChI is InChI=1S/C13H19N/c1-3-10-6-4-5-7-11(10)13-8-12(13)9(2)14/h4-7,9,12-13H,3,8,14H2,1-2H3. The van der Waals surface area contributed by atoms with E-state index in [0.717, 1.165) is 18.3 Å². The van der Waals surface area contributed by atoms with E-state index in [1.807, 2.05) is 0 Å². The molecule has 3 unspecified atom stereocenters. The molecule has 0 aliphatic heterocycles. The van der Waals surface area contributed by atoms with E-state index in [4.69, 9.17) is 5.73 Å². The Labute approximate surface area is 86.3 Å². The normalized spacial score (nSPS) is 27.4. The molecule has 1 saturated carbocycles. The Morgan fingerprint density at radius 1 is 1.43 bits per heavy atom. The molecule has 1 fully saturated rings. The second-order valence-electron chi connectivity index (χ2n) is 4.42. The summed E-state index contributed by atoms with van der Waals surface area (Å²) in [5.41, 5.74) is 8.96. The van der Waals surface area contributed by atoms with Crippen molar-refractivity contribution < 1.29 is 0 Å². The maximum absolute atomic E-state index is 5.92. The molecule has 1 aromatic rings. The number of benzene rings is 1. The van der Waals surface area contributed by atoms with Crippen LogP contribution >= 0.6 is 0 Å². The quantitative estimate of drug-likeness (QED) is 0.777. The third kappa shape index (κ3) is 1.69. The maximum Gasteiger partial charge on any atom is 0.00448 e. The van der Waals surface area contributed by atoms with Crippen LogP contribution in [0.15, 0.2) is 24.3 Å². The highest BCUT2D eigenvalue weighted by Gasteiger charge is 2.41. The first kappa shape index (κ1) is 9.72. The van der Waals surface area contributed by atoms with E-state index in [0.29, 0.717) is 6.04 Å². The number of hydrogen-bond donors (Lipinski definition) is 1. The average molecular weight is 189 g/mol. The van der Waals surface area contributed by atoms with Gasteiger partial charge in [-0.3, -0.25) is 0 Å². The van der Waals surface area contributed by atoms with Crippen molar-refractivity contribution in [2.45, 2.75) is 38.6 Å². The van der Waals surface area contributed by atoms with Gasteiger partial charge in [-0.1, -0.05) is 31.2 Å². The van der Waals surface area contributed by atoms with Gasteiger partial charge in [0.2, 0.25) is 0 Å². The SMILES string of the molecule is CCc1ccccc1C1CC1C(C)N. The first-order valence-corrected chi connectivity index (χ1v) is 5.57. The lowest BCUT2D eigenvalue weighted by molar-refractivity contribution is 0.630. The van der Waals surface area contributed by atoms with E-state index >= 15 is 0 Å². The number of hydrogen-bond acceptors (Lipinski definition) is 1. The lowest BCUT2D eigenvalue weighted by Crippen LogP contribution is -2.18. The zero-order chi connectivity index (χ0) is 10.1. The molecule has 1 heteroatoms. The van der Waals surface area contributed by atoms with Crippen LogP contribution in [0.25, 0.3) is 0 Å². The second kappa shape index (κ2) is 3.74. The van der Waals surface area contributed by atoms with Gasteiger partial charge in [0.25, 0.3) is 0 Å². The van der Waals surface area contributed by atoms with Crippen molar-refractivity contribution >= 4 is 0 Å². The van der Waals surface area contributed by atoms with E-state index in [1.165, 1.54) is 17.5 Å². The van der Waals surface area contributed by atoms with E-state index in [-0.39, 0.29) is 0 Å². The summed E-state index contributed by atoms with van der Waals surface area (Å²) in [6, 6.07) is 9.14. The molecule has 0 heterocycles. The Morgan fingerprint density at radius 3 is 2.71 bits per heavy atom. The Bertz CT molecular complexity index is 317. The van der Waals surface area contributed by atoms with Crippen LogP contribution in [-0.2, 0) is 6.42 Å². The summed E-state index contributed by atoms with van der Waals surface area (Å²) in [4.78, 5) is 0. The van der Waals surface area contributed by atoms with Crippen molar-refractivity contribution in [3.8, 4) is 0 Å². The molecule has 1 aliphatic carbocycles. The second-order valence-corrected chi connectivity index (χ2v) is 4.42. The van der Waals surface area contributed by atoms with Crippen LogP contribution in [0.5, 0.6) is 0 Å². The monoisotopic (exact) mass is 189 g/mol. The third-order valence-corrected chi connectivity index (χ3v) is 3.35. The molecule has 2 rings (SSSR count). The van der Waals surface area contributed by atoms with E-state index in [9.17, 15) is 0 Å². The van der Waals surface area contributed by atoms with Crippen LogP contribution < -0.4 is 5.73 Å². The van der Waals surface area contributed by atoms with Crippen molar-refractivity contribution in [2.75, 3.05) is 0 Å². The van der Waals surface area contributed by atoms with Crippen LogP contribution in [0.2, 0.25) is 0 Å². The van der Waals surface area contributed by atoms with Gasteiger partial charge in [-0.15, -0.1) is 0 Å². The molecule has 14 heavy (non-hydrogen) atoms. The van der Waals surface area contributed by atoms with Gasteiger partial charge < -0.3 is 5.73 Å². The third-order valence-electron chi connectivity index (χ3n) is 3.35. The van der Waals surface area contributed by atoms with Gasteiger partial charge in [-0.2, -0.15) is 0 Å². The van der Waals surface area contributed by atoms with Gasteiger partial charge in [0.15, 0.2) is 0 Å². The minimum absolute atomic E-state index is 0.352. The van der Waals surface area contributed by atoms with E-state index in [2.05, 4.69) is 38.1 Å². The fraction of sp³-hybridized carbons (Fsp3) is 0.538. The van der Waals surface area contributed by atoms with Crippen LogP contribution in [0.4, 0.5) is 0 Å². The highest BCUT2D eigenvalue weighted by atomic mass is 14.7. The molecule has 0 aromatic heterocycles. The summed E-state index contributed by atoms with van der Waals surface area (Å²) < 4.78 is 0. The lowest BCUT2D eigenvalue weighted by Gasteiger charge is -2.08. The molecule has 1 nitrogen and oxygen atoms in total. The fourth-order valence-electron chi connectivity index (χ4n) is 2.37. The minimum Gasteiger partial charge on any atom is -0.328 e. The first-order chi connectivity index (χ1) is 6.74. The van der Waals surface area contributed by atoms with Crippen LogP contribution in [0.1, 0.15) is 37.3 Å². The lowest BCUT2D eigenvalue weighted by atomic mass is 9.99. The number of rotatable bonds is 3. The highest BCUT2D eigenvalue weighted by Crippen LogP contribution is 2.49. The van der Waals surface area contributed by atoms with E-state index in [1.54, 1.807) is 0 Å². The number of aryl methyl sites for hydroxylation is 1. The summed E-state index contributed by atoms with van der Waals surface area (Å²) in [6.45, 7) is 4.35.